The van der Waals surface area contributed by atoms with Crippen molar-refractivity contribution in [3.8, 4) is 17.6 Å². The van der Waals surface area contributed by atoms with Gasteiger partial charge in [-0.2, -0.15) is 5.26 Å². The molecule has 2 N–H and O–H groups in total. The number of ether oxygens (including phenoxy) is 1. The number of benzene rings is 2. The van der Waals surface area contributed by atoms with Crippen LogP contribution in [0.15, 0.2) is 42.5 Å². The molecule has 2 aromatic carbocycles. The van der Waals surface area contributed by atoms with E-state index >= 15 is 0 Å². The van der Waals surface area contributed by atoms with E-state index in [4.69, 9.17) is 15.7 Å². The molecule has 0 aliphatic carbocycles. The Morgan fingerprint density at radius 2 is 1.95 bits per heavy atom. The molecule has 0 fully saturated rings. The van der Waals surface area contributed by atoms with Crippen molar-refractivity contribution in [3.05, 3.63) is 59.2 Å². The monoisotopic (exact) mass is 252 g/mol. The SMILES string of the molecule is Cc1cc(C#N)ccc1Oc1ccccc1C(N)=O. The van der Waals surface area contributed by atoms with Crippen LogP contribution in [0.4, 0.5) is 0 Å². The standard InChI is InChI=1S/C15H12N2O2/c1-10-8-11(9-16)6-7-13(10)19-14-5-3-2-4-12(14)15(17)18/h2-8H,1H3,(H2,17,18). The fourth-order valence-electron chi connectivity index (χ4n) is 1.71. The number of nitriles is 1. The molecule has 0 radical (unpaired) electrons. The highest BCUT2D eigenvalue weighted by Gasteiger charge is 2.10. The minimum atomic E-state index is -0.540. The molecule has 0 atom stereocenters. The van der Waals surface area contributed by atoms with E-state index in [1.165, 1.54) is 0 Å². The van der Waals surface area contributed by atoms with Gasteiger partial charge in [0.1, 0.15) is 11.5 Å². The molecule has 0 unspecified atom stereocenters. The summed E-state index contributed by atoms with van der Waals surface area (Å²) in [7, 11) is 0. The molecular formula is C15H12N2O2. The Hall–Kier alpha value is -2.80. The fraction of sp³-hybridized carbons (Fsp3) is 0.0667. The maximum atomic E-state index is 11.3. The lowest BCUT2D eigenvalue weighted by Gasteiger charge is -2.11. The Labute approximate surface area is 111 Å². The van der Waals surface area contributed by atoms with Crippen LogP contribution in [-0.2, 0) is 0 Å². The predicted octanol–water partition coefficient (Wildman–Crippen LogP) is 2.76. The molecule has 0 aliphatic heterocycles. The van der Waals surface area contributed by atoms with E-state index < -0.39 is 5.91 Å². The lowest BCUT2D eigenvalue weighted by molar-refractivity contribution is 0.0998. The average Bonchev–Trinajstić information content (AvgIpc) is 2.41. The molecule has 2 aromatic rings. The second-order valence-corrected chi connectivity index (χ2v) is 4.05. The van der Waals surface area contributed by atoms with Crippen LogP contribution in [0, 0.1) is 18.3 Å². The maximum Gasteiger partial charge on any atom is 0.252 e. The van der Waals surface area contributed by atoms with Gasteiger partial charge < -0.3 is 10.5 Å². The van der Waals surface area contributed by atoms with Crippen LogP contribution in [0.3, 0.4) is 0 Å². The van der Waals surface area contributed by atoms with Crippen LogP contribution in [-0.4, -0.2) is 5.91 Å². The third kappa shape index (κ3) is 2.72. The summed E-state index contributed by atoms with van der Waals surface area (Å²) in [4.78, 5) is 11.3. The highest BCUT2D eigenvalue weighted by atomic mass is 16.5. The number of amides is 1. The molecule has 0 saturated carbocycles. The first-order valence-electron chi connectivity index (χ1n) is 5.69. The summed E-state index contributed by atoms with van der Waals surface area (Å²) in [6, 6.07) is 13.9. The minimum absolute atomic E-state index is 0.325. The highest BCUT2D eigenvalue weighted by Crippen LogP contribution is 2.28. The van der Waals surface area contributed by atoms with Crippen LogP contribution in [0.1, 0.15) is 21.5 Å². The Bertz CT molecular complexity index is 672. The van der Waals surface area contributed by atoms with Gasteiger partial charge in [-0.3, -0.25) is 4.79 Å². The number of nitrogens with two attached hydrogens (primary N) is 1. The molecule has 1 amide bonds. The van der Waals surface area contributed by atoms with Gasteiger partial charge in [0.05, 0.1) is 17.2 Å². The van der Waals surface area contributed by atoms with Crippen LogP contribution in [0.5, 0.6) is 11.5 Å². The summed E-state index contributed by atoms with van der Waals surface area (Å²) in [5, 5.41) is 8.81. The van der Waals surface area contributed by atoms with Crippen molar-refractivity contribution in [1.82, 2.24) is 0 Å². The Morgan fingerprint density at radius 3 is 2.58 bits per heavy atom. The molecule has 0 heterocycles. The maximum absolute atomic E-state index is 11.3. The largest absolute Gasteiger partial charge is 0.456 e. The number of primary amides is 1. The van der Waals surface area contributed by atoms with Crippen LogP contribution >= 0.6 is 0 Å². The molecule has 4 nitrogen and oxygen atoms in total. The van der Waals surface area contributed by atoms with Gasteiger partial charge in [-0.15, -0.1) is 0 Å². The number of carbonyl (C=O) groups is 1. The molecule has 0 bridgehead atoms. The number of carbonyl (C=O) groups excluding carboxylic acids is 1. The Morgan fingerprint density at radius 1 is 1.21 bits per heavy atom. The highest BCUT2D eigenvalue weighted by molar-refractivity contribution is 5.95. The molecular weight excluding hydrogens is 240 g/mol. The lowest BCUT2D eigenvalue weighted by Crippen LogP contribution is -2.12. The molecule has 2 rings (SSSR count). The number of rotatable bonds is 3. The zero-order valence-electron chi connectivity index (χ0n) is 10.4. The van der Waals surface area contributed by atoms with Gasteiger partial charge in [0.25, 0.3) is 5.91 Å². The zero-order valence-corrected chi connectivity index (χ0v) is 10.4. The molecule has 0 saturated heterocycles. The summed E-state index contributed by atoms with van der Waals surface area (Å²) < 4.78 is 5.69. The van der Waals surface area contributed by atoms with Gasteiger partial charge in [-0.25, -0.2) is 0 Å². The van der Waals surface area contributed by atoms with E-state index in [0.29, 0.717) is 22.6 Å². The van der Waals surface area contributed by atoms with E-state index in [-0.39, 0.29) is 0 Å². The summed E-state index contributed by atoms with van der Waals surface area (Å²) in [6.45, 7) is 1.84. The number of para-hydroxylation sites is 1. The van der Waals surface area contributed by atoms with Gasteiger partial charge in [0.15, 0.2) is 0 Å². The van der Waals surface area contributed by atoms with E-state index in [1.54, 1.807) is 42.5 Å². The van der Waals surface area contributed by atoms with Gasteiger partial charge in [-0.05, 0) is 42.8 Å². The number of aryl methyl sites for hydroxylation is 1. The van der Waals surface area contributed by atoms with Gasteiger partial charge >= 0.3 is 0 Å². The molecule has 0 aromatic heterocycles. The summed E-state index contributed by atoms with van der Waals surface area (Å²) in [5.41, 5.74) is 7.00. The van der Waals surface area contributed by atoms with E-state index in [9.17, 15) is 4.79 Å². The van der Waals surface area contributed by atoms with Crippen molar-refractivity contribution in [2.45, 2.75) is 6.92 Å². The normalized spacial score (nSPS) is 9.68. The van der Waals surface area contributed by atoms with Crippen molar-refractivity contribution in [3.63, 3.8) is 0 Å². The predicted molar refractivity (Wildman–Crippen MR) is 70.9 cm³/mol. The number of hydrogen-bond acceptors (Lipinski definition) is 3. The number of hydrogen-bond donors (Lipinski definition) is 1. The molecule has 0 aliphatic rings. The molecule has 19 heavy (non-hydrogen) atoms. The van der Waals surface area contributed by atoms with E-state index in [1.807, 2.05) is 6.92 Å². The minimum Gasteiger partial charge on any atom is -0.456 e. The average molecular weight is 252 g/mol. The fourth-order valence-corrected chi connectivity index (χ4v) is 1.71. The zero-order chi connectivity index (χ0) is 13.8. The van der Waals surface area contributed by atoms with E-state index in [2.05, 4.69) is 6.07 Å². The first kappa shape index (κ1) is 12.7. The molecule has 94 valence electrons. The summed E-state index contributed by atoms with van der Waals surface area (Å²) >= 11 is 0. The van der Waals surface area contributed by atoms with Gasteiger partial charge in [0, 0.05) is 0 Å². The number of nitrogens with zero attached hydrogens (tertiary/aromatic N) is 1. The van der Waals surface area contributed by atoms with Gasteiger partial charge in [0.2, 0.25) is 0 Å². The van der Waals surface area contributed by atoms with Crippen molar-refractivity contribution in [1.29, 1.82) is 5.26 Å². The molecule has 4 heteroatoms. The first-order chi connectivity index (χ1) is 9.11. The van der Waals surface area contributed by atoms with Crippen LogP contribution in [0.25, 0.3) is 0 Å². The Balaban J connectivity index is 2.37. The summed E-state index contributed by atoms with van der Waals surface area (Å²) in [5.74, 6) is 0.456. The third-order valence-corrected chi connectivity index (χ3v) is 2.68. The summed E-state index contributed by atoms with van der Waals surface area (Å²) in [6.07, 6.45) is 0. The van der Waals surface area contributed by atoms with E-state index in [0.717, 1.165) is 5.56 Å². The van der Waals surface area contributed by atoms with Crippen molar-refractivity contribution in [2.24, 2.45) is 5.73 Å². The lowest BCUT2D eigenvalue weighted by atomic mass is 10.1. The third-order valence-electron chi connectivity index (χ3n) is 2.68. The van der Waals surface area contributed by atoms with Gasteiger partial charge in [-0.1, -0.05) is 12.1 Å². The van der Waals surface area contributed by atoms with Crippen LogP contribution < -0.4 is 10.5 Å². The molecule has 0 spiro atoms. The first-order valence-corrected chi connectivity index (χ1v) is 5.69. The van der Waals surface area contributed by atoms with Crippen molar-refractivity contribution < 1.29 is 9.53 Å². The second-order valence-electron chi connectivity index (χ2n) is 4.05. The van der Waals surface area contributed by atoms with Crippen molar-refractivity contribution in [2.75, 3.05) is 0 Å². The second kappa shape index (κ2) is 5.23. The topological polar surface area (TPSA) is 76.1 Å². The van der Waals surface area contributed by atoms with Crippen LogP contribution in [0.2, 0.25) is 0 Å². The quantitative estimate of drug-likeness (QED) is 0.912. The Kier molecular flexibility index (Phi) is 3.48. The smallest absolute Gasteiger partial charge is 0.252 e. The van der Waals surface area contributed by atoms with Crippen molar-refractivity contribution >= 4 is 5.91 Å².